The van der Waals surface area contributed by atoms with E-state index in [1.54, 1.807) is 36.4 Å². The maximum Gasteiger partial charge on any atom is 0.240 e. The number of nitrogens with zero attached hydrogens (tertiary/aromatic N) is 1. The van der Waals surface area contributed by atoms with Gasteiger partial charge in [0, 0.05) is 32.3 Å². The number of aliphatic imine (C=N–C) groups is 1. The summed E-state index contributed by atoms with van der Waals surface area (Å²) in [6.07, 6.45) is 0. The molecule has 0 bridgehead atoms. The molecule has 0 heterocycles. The minimum Gasteiger partial charge on any atom is -0.383 e. The van der Waals surface area contributed by atoms with E-state index in [1.807, 2.05) is 6.92 Å². The number of sulfonamides is 1. The summed E-state index contributed by atoms with van der Waals surface area (Å²) >= 11 is 0. The van der Waals surface area contributed by atoms with Crippen molar-refractivity contribution in [3.63, 3.8) is 0 Å². The fourth-order valence-electron chi connectivity index (χ4n) is 2.51. The van der Waals surface area contributed by atoms with Gasteiger partial charge in [0.05, 0.1) is 18.0 Å². The Morgan fingerprint density at radius 2 is 1.93 bits per heavy atom. The SMILES string of the molecule is CCNC(=NCc1cccc(S(=O)(=O)NCCOC)c1)NCc1ccccc1F. The van der Waals surface area contributed by atoms with E-state index in [0.29, 0.717) is 24.7 Å². The molecule has 0 atom stereocenters. The van der Waals surface area contributed by atoms with Crippen LogP contribution in [-0.4, -0.2) is 41.2 Å². The molecule has 0 aliphatic carbocycles. The standard InChI is InChI=1S/C20H27FN4O3S/c1-3-22-20(24-15-17-8-4-5-10-19(17)21)23-14-16-7-6-9-18(13-16)29(26,27)25-11-12-28-2/h4-10,13,25H,3,11-12,14-15H2,1-2H3,(H2,22,23,24). The second kappa shape index (κ2) is 11.5. The number of halogens is 1. The number of guanidine groups is 1. The van der Waals surface area contributed by atoms with Crippen LogP contribution in [0.2, 0.25) is 0 Å². The summed E-state index contributed by atoms with van der Waals surface area (Å²) < 4.78 is 45.8. The Hall–Kier alpha value is -2.49. The largest absolute Gasteiger partial charge is 0.383 e. The third kappa shape index (κ3) is 7.45. The molecular weight excluding hydrogens is 395 g/mol. The number of ether oxygens (including phenoxy) is 1. The van der Waals surface area contributed by atoms with Gasteiger partial charge in [-0.1, -0.05) is 30.3 Å². The zero-order valence-electron chi connectivity index (χ0n) is 16.6. The first-order chi connectivity index (χ1) is 14.0. The van der Waals surface area contributed by atoms with E-state index >= 15 is 0 Å². The van der Waals surface area contributed by atoms with E-state index in [1.165, 1.54) is 19.2 Å². The topological polar surface area (TPSA) is 91.8 Å². The molecule has 0 fully saturated rings. The summed E-state index contributed by atoms with van der Waals surface area (Å²) in [4.78, 5) is 4.64. The smallest absolute Gasteiger partial charge is 0.240 e. The van der Waals surface area contributed by atoms with Gasteiger partial charge < -0.3 is 15.4 Å². The highest BCUT2D eigenvalue weighted by atomic mass is 32.2. The summed E-state index contributed by atoms with van der Waals surface area (Å²) in [5, 5.41) is 6.18. The molecule has 0 amide bonds. The van der Waals surface area contributed by atoms with Gasteiger partial charge in [0.15, 0.2) is 5.96 Å². The molecule has 158 valence electrons. The summed E-state index contributed by atoms with van der Waals surface area (Å²) in [5.41, 5.74) is 1.27. The molecule has 0 aliphatic rings. The van der Waals surface area contributed by atoms with Crippen LogP contribution in [0, 0.1) is 5.82 Å². The molecule has 0 unspecified atom stereocenters. The second-order valence-corrected chi connectivity index (χ2v) is 7.95. The average Bonchev–Trinajstić information content (AvgIpc) is 2.71. The van der Waals surface area contributed by atoms with E-state index in [2.05, 4.69) is 20.3 Å². The number of methoxy groups -OCH3 is 1. The molecule has 3 N–H and O–H groups in total. The maximum atomic E-state index is 13.8. The predicted octanol–water partition coefficient (Wildman–Crippen LogP) is 2.01. The van der Waals surface area contributed by atoms with E-state index in [4.69, 9.17) is 4.74 Å². The zero-order chi connectivity index (χ0) is 21.1. The molecule has 0 aromatic heterocycles. The van der Waals surface area contributed by atoms with Crippen LogP contribution < -0.4 is 15.4 Å². The van der Waals surface area contributed by atoms with Crippen LogP contribution in [-0.2, 0) is 27.8 Å². The van der Waals surface area contributed by atoms with E-state index in [9.17, 15) is 12.8 Å². The molecule has 2 rings (SSSR count). The van der Waals surface area contributed by atoms with Gasteiger partial charge in [-0.25, -0.2) is 22.5 Å². The monoisotopic (exact) mass is 422 g/mol. The van der Waals surface area contributed by atoms with Gasteiger partial charge >= 0.3 is 0 Å². The summed E-state index contributed by atoms with van der Waals surface area (Å²) in [6, 6.07) is 13.1. The van der Waals surface area contributed by atoms with Crippen molar-refractivity contribution in [1.82, 2.24) is 15.4 Å². The van der Waals surface area contributed by atoms with Crippen LogP contribution >= 0.6 is 0 Å². The molecule has 0 saturated carbocycles. The Balaban J connectivity index is 2.06. The van der Waals surface area contributed by atoms with Crippen molar-refractivity contribution in [1.29, 1.82) is 0 Å². The molecule has 2 aromatic carbocycles. The Morgan fingerprint density at radius 1 is 1.14 bits per heavy atom. The number of nitrogens with one attached hydrogen (secondary N) is 3. The van der Waals surface area contributed by atoms with Gasteiger partial charge in [-0.05, 0) is 30.7 Å². The van der Waals surface area contributed by atoms with E-state index in [0.717, 1.165) is 5.56 Å². The molecule has 0 aliphatic heterocycles. The molecule has 29 heavy (non-hydrogen) atoms. The molecule has 9 heteroatoms. The van der Waals surface area contributed by atoms with Crippen molar-refractivity contribution in [2.75, 3.05) is 26.8 Å². The second-order valence-electron chi connectivity index (χ2n) is 6.18. The molecular formula is C20H27FN4O3S. The number of benzene rings is 2. The third-order valence-electron chi connectivity index (χ3n) is 3.98. The molecule has 2 aromatic rings. The van der Waals surface area contributed by atoms with Crippen molar-refractivity contribution in [2.24, 2.45) is 4.99 Å². The normalized spacial score (nSPS) is 12.0. The Bertz CT molecular complexity index is 919. The van der Waals surface area contributed by atoms with Crippen molar-refractivity contribution < 1.29 is 17.5 Å². The van der Waals surface area contributed by atoms with Crippen LogP contribution in [0.25, 0.3) is 0 Å². The lowest BCUT2D eigenvalue weighted by molar-refractivity contribution is 0.204. The highest BCUT2D eigenvalue weighted by Crippen LogP contribution is 2.12. The van der Waals surface area contributed by atoms with Crippen LogP contribution in [0.15, 0.2) is 58.4 Å². The lowest BCUT2D eigenvalue weighted by atomic mass is 10.2. The van der Waals surface area contributed by atoms with Gasteiger partial charge in [0.1, 0.15) is 5.82 Å². The number of hydrogen-bond donors (Lipinski definition) is 3. The molecule has 0 spiro atoms. The minimum absolute atomic E-state index is 0.172. The van der Waals surface area contributed by atoms with Crippen LogP contribution in [0.3, 0.4) is 0 Å². The minimum atomic E-state index is -3.61. The fraction of sp³-hybridized carbons (Fsp3) is 0.350. The lowest BCUT2D eigenvalue weighted by Crippen LogP contribution is -2.37. The first-order valence-electron chi connectivity index (χ1n) is 9.29. The highest BCUT2D eigenvalue weighted by molar-refractivity contribution is 7.89. The van der Waals surface area contributed by atoms with Gasteiger partial charge in [0.2, 0.25) is 10.0 Å². The molecule has 7 nitrogen and oxygen atoms in total. The van der Waals surface area contributed by atoms with Gasteiger partial charge in [-0.3, -0.25) is 0 Å². The van der Waals surface area contributed by atoms with Crippen molar-refractivity contribution in [3.05, 3.63) is 65.5 Å². The van der Waals surface area contributed by atoms with Crippen LogP contribution in [0.5, 0.6) is 0 Å². The predicted molar refractivity (Wildman–Crippen MR) is 112 cm³/mol. The first kappa shape index (κ1) is 22.8. The molecule has 0 saturated heterocycles. The number of rotatable bonds is 10. The van der Waals surface area contributed by atoms with Gasteiger partial charge in [0.25, 0.3) is 0 Å². The molecule has 0 radical (unpaired) electrons. The quantitative estimate of drug-likeness (QED) is 0.310. The van der Waals surface area contributed by atoms with E-state index < -0.39 is 10.0 Å². The Morgan fingerprint density at radius 3 is 2.66 bits per heavy atom. The van der Waals surface area contributed by atoms with Crippen molar-refractivity contribution in [2.45, 2.75) is 24.9 Å². The summed E-state index contributed by atoms with van der Waals surface area (Å²) in [7, 11) is -2.10. The fourth-order valence-corrected chi connectivity index (χ4v) is 3.59. The zero-order valence-corrected chi connectivity index (χ0v) is 17.4. The van der Waals surface area contributed by atoms with E-state index in [-0.39, 0.29) is 30.3 Å². The average molecular weight is 423 g/mol. The summed E-state index contributed by atoms with van der Waals surface area (Å²) in [6.45, 7) is 3.62. The van der Waals surface area contributed by atoms with Crippen molar-refractivity contribution in [3.8, 4) is 0 Å². The lowest BCUT2D eigenvalue weighted by Gasteiger charge is -2.12. The Kier molecular flexibility index (Phi) is 9.04. The van der Waals surface area contributed by atoms with Crippen molar-refractivity contribution >= 4 is 16.0 Å². The van der Waals surface area contributed by atoms with Crippen LogP contribution in [0.1, 0.15) is 18.1 Å². The summed E-state index contributed by atoms with van der Waals surface area (Å²) in [5.74, 6) is 0.233. The third-order valence-corrected chi connectivity index (χ3v) is 5.43. The number of hydrogen-bond acceptors (Lipinski definition) is 4. The highest BCUT2D eigenvalue weighted by Gasteiger charge is 2.13. The van der Waals surface area contributed by atoms with Crippen LogP contribution in [0.4, 0.5) is 4.39 Å². The first-order valence-corrected chi connectivity index (χ1v) is 10.8. The maximum absolute atomic E-state index is 13.8. The van der Waals surface area contributed by atoms with Gasteiger partial charge in [-0.15, -0.1) is 0 Å². The van der Waals surface area contributed by atoms with Gasteiger partial charge in [-0.2, -0.15) is 0 Å². The Labute approximate surface area is 171 Å².